The van der Waals surface area contributed by atoms with Gasteiger partial charge in [-0.15, -0.1) is 11.8 Å². The third-order valence-electron chi connectivity index (χ3n) is 2.26. The summed E-state index contributed by atoms with van der Waals surface area (Å²) < 4.78 is 37.7. The third kappa shape index (κ3) is 4.39. The molecule has 0 radical (unpaired) electrons. The first-order chi connectivity index (χ1) is 8.75. The number of nitrogens with two attached hydrogens (primary N) is 1. The van der Waals surface area contributed by atoms with Gasteiger partial charge in [0.1, 0.15) is 16.6 Å². The van der Waals surface area contributed by atoms with Crippen molar-refractivity contribution >= 4 is 17.6 Å². The van der Waals surface area contributed by atoms with Crippen LogP contribution in [-0.4, -0.2) is 28.3 Å². The highest BCUT2D eigenvalue weighted by atomic mass is 32.2. The van der Waals surface area contributed by atoms with Crippen molar-refractivity contribution in [3.63, 3.8) is 0 Å². The zero-order valence-corrected chi connectivity index (χ0v) is 11.0. The van der Waals surface area contributed by atoms with E-state index < -0.39 is 11.9 Å². The highest BCUT2D eigenvalue weighted by molar-refractivity contribution is 7.99. The summed E-state index contributed by atoms with van der Waals surface area (Å²) in [6, 6.07) is 1.94. The van der Waals surface area contributed by atoms with E-state index in [-0.39, 0.29) is 28.9 Å². The van der Waals surface area contributed by atoms with Gasteiger partial charge < -0.3 is 10.8 Å². The molecule has 0 spiro atoms. The number of amidine groups is 1. The fraction of sp³-hybridized carbons (Fsp3) is 0.455. The first kappa shape index (κ1) is 15.8. The second kappa shape index (κ2) is 6.25. The van der Waals surface area contributed by atoms with E-state index in [2.05, 4.69) is 4.98 Å². The molecule has 4 N–H and O–H groups in total. The standard InChI is InChI=1S/C11H14F3N3OS/c1-6(4-18)5-19-10-7(9(15)16)2-3-8(17-10)11(12,13)14/h2-3,6,18H,4-5H2,1H3,(H3,15,16). The number of nitrogens with one attached hydrogen (secondary N) is 1. The van der Waals surface area contributed by atoms with Gasteiger partial charge in [-0.2, -0.15) is 13.2 Å². The van der Waals surface area contributed by atoms with E-state index in [1.807, 2.05) is 0 Å². The minimum atomic E-state index is -4.53. The van der Waals surface area contributed by atoms with Crippen molar-refractivity contribution in [2.75, 3.05) is 12.4 Å². The third-order valence-corrected chi connectivity index (χ3v) is 3.58. The monoisotopic (exact) mass is 293 g/mol. The van der Waals surface area contributed by atoms with Crippen LogP contribution >= 0.6 is 11.8 Å². The lowest BCUT2D eigenvalue weighted by Gasteiger charge is -2.12. The molecule has 106 valence electrons. The Balaban J connectivity index is 3.06. The van der Waals surface area contributed by atoms with E-state index in [0.717, 1.165) is 23.9 Å². The molecule has 1 unspecified atom stereocenters. The summed E-state index contributed by atoms with van der Waals surface area (Å²) in [6.07, 6.45) is -4.53. The fourth-order valence-electron chi connectivity index (χ4n) is 1.19. The molecule has 1 atom stereocenters. The van der Waals surface area contributed by atoms with Crippen LogP contribution in [0.3, 0.4) is 0 Å². The summed E-state index contributed by atoms with van der Waals surface area (Å²) in [5.74, 6) is -0.0213. The Morgan fingerprint density at radius 1 is 1.53 bits per heavy atom. The predicted octanol–water partition coefficient (Wildman–Crippen LogP) is 2.10. The SMILES string of the molecule is CC(CO)CSc1nc(C(F)(F)F)ccc1C(=N)N. The molecule has 0 saturated carbocycles. The van der Waals surface area contributed by atoms with Crippen LogP contribution in [0.25, 0.3) is 0 Å². The molecule has 1 heterocycles. The summed E-state index contributed by atoms with van der Waals surface area (Å²) in [7, 11) is 0. The maximum atomic E-state index is 12.6. The van der Waals surface area contributed by atoms with Gasteiger partial charge in [-0.05, 0) is 18.1 Å². The summed E-state index contributed by atoms with van der Waals surface area (Å²) in [6.45, 7) is 1.69. The zero-order valence-electron chi connectivity index (χ0n) is 10.2. The van der Waals surface area contributed by atoms with Crippen molar-refractivity contribution in [2.45, 2.75) is 18.1 Å². The number of nitrogens with zero attached hydrogens (tertiary/aromatic N) is 1. The first-order valence-electron chi connectivity index (χ1n) is 5.42. The van der Waals surface area contributed by atoms with Crippen molar-refractivity contribution in [3.05, 3.63) is 23.4 Å². The number of hydrogen-bond acceptors (Lipinski definition) is 4. The van der Waals surface area contributed by atoms with E-state index >= 15 is 0 Å². The Bertz CT molecular complexity index is 465. The number of aromatic nitrogens is 1. The van der Waals surface area contributed by atoms with Crippen LogP contribution in [0.1, 0.15) is 18.2 Å². The summed E-state index contributed by atoms with van der Waals surface area (Å²) in [5.41, 5.74) is 4.46. The van der Waals surface area contributed by atoms with Crippen molar-refractivity contribution in [3.8, 4) is 0 Å². The minimum Gasteiger partial charge on any atom is -0.396 e. The lowest BCUT2D eigenvalue weighted by atomic mass is 10.2. The molecule has 0 aliphatic carbocycles. The van der Waals surface area contributed by atoms with Crippen molar-refractivity contribution < 1.29 is 18.3 Å². The Morgan fingerprint density at radius 2 is 2.16 bits per heavy atom. The molecular formula is C11H14F3N3OS. The average Bonchev–Trinajstić information content (AvgIpc) is 2.34. The number of rotatable bonds is 5. The maximum Gasteiger partial charge on any atom is 0.433 e. The Hall–Kier alpha value is -1.28. The van der Waals surface area contributed by atoms with Crippen molar-refractivity contribution in [2.24, 2.45) is 11.7 Å². The van der Waals surface area contributed by atoms with Gasteiger partial charge >= 0.3 is 6.18 Å². The molecule has 1 aromatic rings. The minimum absolute atomic E-state index is 0.0580. The summed E-state index contributed by atoms with van der Waals surface area (Å²) >= 11 is 1.05. The summed E-state index contributed by atoms with van der Waals surface area (Å²) in [5, 5.41) is 16.3. The van der Waals surface area contributed by atoms with Crippen molar-refractivity contribution in [1.82, 2.24) is 4.98 Å². The number of aliphatic hydroxyl groups is 1. The quantitative estimate of drug-likeness (QED) is 0.441. The number of pyridine rings is 1. The van der Waals surface area contributed by atoms with E-state index in [1.165, 1.54) is 0 Å². The second-order valence-electron chi connectivity index (χ2n) is 4.06. The maximum absolute atomic E-state index is 12.6. The molecule has 0 aliphatic heterocycles. The number of alkyl halides is 3. The van der Waals surface area contributed by atoms with Gasteiger partial charge in [-0.1, -0.05) is 6.92 Å². The predicted molar refractivity (Wildman–Crippen MR) is 67.2 cm³/mol. The Labute approximate surface area is 112 Å². The second-order valence-corrected chi connectivity index (χ2v) is 5.07. The van der Waals surface area contributed by atoms with Gasteiger partial charge in [-0.25, -0.2) is 4.98 Å². The molecule has 0 bridgehead atoms. The molecule has 0 amide bonds. The molecule has 1 aromatic heterocycles. The molecule has 1 rings (SSSR count). The lowest BCUT2D eigenvalue weighted by Crippen LogP contribution is -2.16. The smallest absolute Gasteiger partial charge is 0.396 e. The van der Waals surface area contributed by atoms with Crippen LogP contribution in [-0.2, 0) is 6.18 Å². The molecule has 19 heavy (non-hydrogen) atoms. The van der Waals surface area contributed by atoms with E-state index in [4.69, 9.17) is 16.2 Å². The van der Waals surface area contributed by atoms with Gasteiger partial charge in [0, 0.05) is 17.9 Å². The lowest BCUT2D eigenvalue weighted by molar-refractivity contribution is -0.141. The topological polar surface area (TPSA) is 83.0 Å². The van der Waals surface area contributed by atoms with Gasteiger partial charge in [0.05, 0.1) is 0 Å². The van der Waals surface area contributed by atoms with Gasteiger partial charge in [-0.3, -0.25) is 5.41 Å². The number of halogens is 3. The van der Waals surface area contributed by atoms with Crippen LogP contribution in [0.2, 0.25) is 0 Å². The molecule has 0 fully saturated rings. The molecule has 0 aliphatic rings. The van der Waals surface area contributed by atoms with Gasteiger partial charge in [0.2, 0.25) is 0 Å². The van der Waals surface area contributed by atoms with Gasteiger partial charge in [0.15, 0.2) is 0 Å². The van der Waals surface area contributed by atoms with Crippen LogP contribution < -0.4 is 5.73 Å². The number of aliphatic hydroxyl groups excluding tert-OH is 1. The largest absolute Gasteiger partial charge is 0.433 e. The van der Waals surface area contributed by atoms with Crippen molar-refractivity contribution in [1.29, 1.82) is 5.41 Å². The van der Waals surface area contributed by atoms with E-state index in [0.29, 0.717) is 5.75 Å². The van der Waals surface area contributed by atoms with Crippen LogP contribution in [0.5, 0.6) is 0 Å². The molecule has 0 aromatic carbocycles. The van der Waals surface area contributed by atoms with Crippen LogP contribution in [0.15, 0.2) is 17.2 Å². The average molecular weight is 293 g/mol. The Kier molecular flexibility index (Phi) is 5.19. The normalized spacial score (nSPS) is 13.3. The van der Waals surface area contributed by atoms with E-state index in [1.54, 1.807) is 6.92 Å². The highest BCUT2D eigenvalue weighted by Crippen LogP contribution is 2.31. The molecule has 0 saturated heterocycles. The number of hydrogen-bond donors (Lipinski definition) is 3. The number of thioether (sulfide) groups is 1. The first-order valence-corrected chi connectivity index (χ1v) is 6.40. The highest BCUT2D eigenvalue weighted by Gasteiger charge is 2.33. The Morgan fingerprint density at radius 3 is 2.63 bits per heavy atom. The molecule has 8 heteroatoms. The van der Waals surface area contributed by atoms with Crippen LogP contribution in [0.4, 0.5) is 13.2 Å². The summed E-state index contributed by atoms with van der Waals surface area (Å²) in [4.78, 5) is 3.51. The van der Waals surface area contributed by atoms with Crippen LogP contribution in [0, 0.1) is 11.3 Å². The van der Waals surface area contributed by atoms with Gasteiger partial charge in [0.25, 0.3) is 0 Å². The zero-order chi connectivity index (χ0) is 14.6. The van der Waals surface area contributed by atoms with E-state index in [9.17, 15) is 13.2 Å². The fourth-order valence-corrected chi connectivity index (χ4v) is 2.23. The number of nitrogen functional groups attached to an aromatic ring is 1. The molecular weight excluding hydrogens is 279 g/mol. The molecule has 4 nitrogen and oxygen atoms in total.